The highest BCUT2D eigenvalue weighted by atomic mass is 32.1. The molecule has 0 atom stereocenters. The van der Waals surface area contributed by atoms with E-state index in [2.05, 4.69) is 174 Å². The molecule has 11 rings (SSSR count). The van der Waals surface area contributed by atoms with Crippen molar-refractivity contribution in [3.05, 3.63) is 188 Å². The standard InChI is InChI=1S/C50H31N5S/c1-4-16-32(17-5-1)40-31-41(33-18-6-2-7-19-33)52-50(51-40)39-30-35(28-29-44(39)55-42-25-13-10-22-36(42)37-23-11-14-26-43(37)55)49-53-46(34-20-8-3-9-21-34)48-47(54-49)38-24-12-15-27-45(38)56-48/h1-31H. The molecule has 262 valence electrons. The topological polar surface area (TPSA) is 56.5 Å². The van der Waals surface area contributed by atoms with Crippen molar-refractivity contribution < 1.29 is 0 Å². The summed E-state index contributed by atoms with van der Waals surface area (Å²) in [5, 5.41) is 3.50. The predicted octanol–water partition coefficient (Wildman–Crippen LogP) is 13.1. The van der Waals surface area contributed by atoms with Crippen LogP contribution in [0.4, 0.5) is 0 Å². The Labute approximate surface area is 326 Å². The number of para-hydroxylation sites is 2. The first-order valence-electron chi connectivity index (χ1n) is 18.6. The maximum absolute atomic E-state index is 5.35. The third-order valence-corrected chi connectivity index (χ3v) is 11.6. The van der Waals surface area contributed by atoms with Crippen LogP contribution in [0.3, 0.4) is 0 Å². The average molecular weight is 734 g/mol. The maximum Gasteiger partial charge on any atom is 0.162 e. The van der Waals surface area contributed by atoms with E-state index in [0.29, 0.717) is 11.6 Å². The Hall–Kier alpha value is -7.28. The molecule has 4 heterocycles. The largest absolute Gasteiger partial charge is 0.309 e. The number of nitrogens with zero attached hydrogens (tertiary/aromatic N) is 5. The van der Waals surface area contributed by atoms with Crippen molar-refractivity contribution >= 4 is 53.4 Å². The summed E-state index contributed by atoms with van der Waals surface area (Å²) in [6, 6.07) is 65.4. The summed E-state index contributed by atoms with van der Waals surface area (Å²) in [4.78, 5) is 21.4. The predicted molar refractivity (Wildman–Crippen MR) is 232 cm³/mol. The van der Waals surface area contributed by atoms with E-state index in [-0.39, 0.29) is 0 Å². The van der Waals surface area contributed by atoms with Crippen LogP contribution in [-0.4, -0.2) is 24.5 Å². The summed E-state index contributed by atoms with van der Waals surface area (Å²) in [5.74, 6) is 1.27. The Balaban J connectivity index is 1.22. The molecule has 0 spiro atoms. The van der Waals surface area contributed by atoms with E-state index >= 15 is 0 Å². The molecule has 4 aromatic heterocycles. The van der Waals surface area contributed by atoms with E-state index in [9.17, 15) is 0 Å². The molecule has 0 aliphatic rings. The SMILES string of the molecule is c1ccc(-c2cc(-c3ccccc3)nc(-c3cc(-c4nc(-c5ccccc5)c5sc6ccccc6c5n4)ccc3-n3c4ccccc4c4ccccc43)n2)cc1. The van der Waals surface area contributed by atoms with Gasteiger partial charge < -0.3 is 4.57 Å². The van der Waals surface area contributed by atoms with E-state index < -0.39 is 0 Å². The molecule has 0 unspecified atom stereocenters. The lowest BCUT2D eigenvalue weighted by Crippen LogP contribution is -2.03. The highest BCUT2D eigenvalue weighted by Gasteiger charge is 2.22. The van der Waals surface area contributed by atoms with Gasteiger partial charge in [-0.1, -0.05) is 146 Å². The molecule has 7 aromatic carbocycles. The van der Waals surface area contributed by atoms with Crippen LogP contribution in [0.15, 0.2) is 188 Å². The fraction of sp³-hybridized carbons (Fsp3) is 0. The van der Waals surface area contributed by atoms with Crippen molar-refractivity contribution in [1.82, 2.24) is 24.5 Å². The lowest BCUT2D eigenvalue weighted by atomic mass is 10.0. The molecule has 56 heavy (non-hydrogen) atoms. The quantitative estimate of drug-likeness (QED) is 0.171. The van der Waals surface area contributed by atoms with Crippen molar-refractivity contribution in [1.29, 1.82) is 0 Å². The number of benzene rings is 7. The molecule has 0 fully saturated rings. The first-order valence-corrected chi connectivity index (χ1v) is 19.5. The molecule has 0 aliphatic heterocycles. The van der Waals surface area contributed by atoms with Crippen LogP contribution in [0.5, 0.6) is 0 Å². The van der Waals surface area contributed by atoms with Gasteiger partial charge in [-0.2, -0.15) is 0 Å². The van der Waals surface area contributed by atoms with Gasteiger partial charge in [0.2, 0.25) is 0 Å². The molecule has 5 nitrogen and oxygen atoms in total. The van der Waals surface area contributed by atoms with Gasteiger partial charge >= 0.3 is 0 Å². The summed E-state index contributed by atoms with van der Waals surface area (Å²) in [6.45, 7) is 0. The van der Waals surface area contributed by atoms with Gasteiger partial charge in [0.25, 0.3) is 0 Å². The number of thiophene rings is 1. The first-order chi connectivity index (χ1) is 27.8. The van der Waals surface area contributed by atoms with Crippen molar-refractivity contribution in [3.8, 4) is 62.2 Å². The lowest BCUT2D eigenvalue weighted by molar-refractivity contribution is 1.13. The van der Waals surface area contributed by atoms with Crippen LogP contribution in [0.25, 0.3) is 104 Å². The van der Waals surface area contributed by atoms with Gasteiger partial charge in [0.15, 0.2) is 11.6 Å². The lowest BCUT2D eigenvalue weighted by Gasteiger charge is -2.16. The first kappa shape index (κ1) is 32.2. The minimum Gasteiger partial charge on any atom is -0.309 e. The van der Waals surface area contributed by atoms with Crippen molar-refractivity contribution in [2.75, 3.05) is 0 Å². The number of hydrogen-bond acceptors (Lipinski definition) is 5. The van der Waals surface area contributed by atoms with Crippen molar-refractivity contribution in [3.63, 3.8) is 0 Å². The van der Waals surface area contributed by atoms with Crippen molar-refractivity contribution in [2.45, 2.75) is 0 Å². The van der Waals surface area contributed by atoms with Gasteiger partial charge in [0, 0.05) is 48.7 Å². The second-order valence-corrected chi connectivity index (χ2v) is 14.9. The molecule has 0 N–H and O–H groups in total. The maximum atomic E-state index is 5.35. The highest BCUT2D eigenvalue weighted by Crippen LogP contribution is 2.42. The Morgan fingerprint density at radius 3 is 1.55 bits per heavy atom. The van der Waals surface area contributed by atoms with Crippen LogP contribution < -0.4 is 0 Å². The van der Waals surface area contributed by atoms with Crippen molar-refractivity contribution in [2.24, 2.45) is 0 Å². The normalized spacial score (nSPS) is 11.6. The monoisotopic (exact) mass is 733 g/mol. The van der Waals surface area contributed by atoms with Crippen LogP contribution in [0.1, 0.15) is 0 Å². The smallest absolute Gasteiger partial charge is 0.162 e. The van der Waals surface area contributed by atoms with Gasteiger partial charge in [-0.25, -0.2) is 19.9 Å². The second kappa shape index (κ2) is 13.2. The third kappa shape index (κ3) is 5.38. The molecule has 0 bridgehead atoms. The fourth-order valence-corrected chi connectivity index (χ4v) is 8.98. The summed E-state index contributed by atoms with van der Waals surface area (Å²) in [6.07, 6.45) is 0. The number of hydrogen-bond donors (Lipinski definition) is 0. The molecule has 0 amide bonds. The highest BCUT2D eigenvalue weighted by molar-refractivity contribution is 7.26. The zero-order valence-corrected chi connectivity index (χ0v) is 30.9. The van der Waals surface area contributed by atoms with Gasteiger partial charge in [-0.15, -0.1) is 11.3 Å². The van der Waals surface area contributed by atoms with Gasteiger partial charge in [0.05, 0.1) is 44.0 Å². The third-order valence-electron chi connectivity index (χ3n) is 10.4. The van der Waals surface area contributed by atoms with Gasteiger partial charge in [-0.3, -0.25) is 0 Å². The van der Waals surface area contributed by atoms with E-state index in [1.807, 2.05) is 18.2 Å². The fourth-order valence-electron chi connectivity index (χ4n) is 7.82. The summed E-state index contributed by atoms with van der Waals surface area (Å²) < 4.78 is 4.61. The summed E-state index contributed by atoms with van der Waals surface area (Å²) in [5.41, 5.74) is 11.6. The second-order valence-electron chi connectivity index (χ2n) is 13.8. The molecular formula is C50H31N5S. The zero-order chi connectivity index (χ0) is 37.0. The average Bonchev–Trinajstić information content (AvgIpc) is 3.82. The molecule has 11 aromatic rings. The van der Waals surface area contributed by atoms with Gasteiger partial charge in [-0.05, 0) is 42.5 Å². The van der Waals surface area contributed by atoms with E-state index in [1.54, 1.807) is 11.3 Å². The molecule has 6 heteroatoms. The minimum absolute atomic E-state index is 0.620. The number of fused-ring (bicyclic) bond motifs is 6. The number of aromatic nitrogens is 5. The molecule has 0 saturated heterocycles. The van der Waals surface area contributed by atoms with E-state index in [4.69, 9.17) is 19.9 Å². The Bertz CT molecular complexity index is 3130. The number of rotatable bonds is 6. The summed E-state index contributed by atoms with van der Waals surface area (Å²) >= 11 is 1.74. The van der Waals surface area contributed by atoms with E-state index in [0.717, 1.165) is 77.2 Å². The Morgan fingerprint density at radius 2 is 0.929 bits per heavy atom. The Kier molecular flexibility index (Phi) is 7.60. The summed E-state index contributed by atoms with van der Waals surface area (Å²) in [7, 11) is 0. The zero-order valence-electron chi connectivity index (χ0n) is 30.0. The van der Waals surface area contributed by atoms with Gasteiger partial charge in [0.1, 0.15) is 0 Å². The minimum atomic E-state index is 0.620. The van der Waals surface area contributed by atoms with Crippen LogP contribution >= 0.6 is 11.3 Å². The van der Waals surface area contributed by atoms with Crippen LogP contribution in [-0.2, 0) is 0 Å². The Morgan fingerprint density at radius 1 is 0.393 bits per heavy atom. The molecule has 0 aliphatic carbocycles. The molecule has 0 saturated carbocycles. The van der Waals surface area contributed by atoms with E-state index in [1.165, 1.54) is 15.5 Å². The van der Waals surface area contributed by atoms with Crippen LogP contribution in [0.2, 0.25) is 0 Å². The molecule has 0 radical (unpaired) electrons. The van der Waals surface area contributed by atoms with Crippen LogP contribution in [0, 0.1) is 0 Å². The molecular weight excluding hydrogens is 703 g/mol.